The van der Waals surface area contributed by atoms with Gasteiger partial charge < -0.3 is 14.8 Å². The zero-order valence-corrected chi connectivity index (χ0v) is 14.8. The molecule has 0 saturated heterocycles. The van der Waals surface area contributed by atoms with E-state index in [1.54, 1.807) is 10.6 Å². The van der Waals surface area contributed by atoms with Crippen molar-refractivity contribution in [3.8, 4) is 0 Å². The minimum absolute atomic E-state index is 0.0702. The molecule has 2 aromatic rings. The second-order valence-electron chi connectivity index (χ2n) is 5.99. The first kappa shape index (κ1) is 18.2. The van der Waals surface area contributed by atoms with Gasteiger partial charge in [0.1, 0.15) is 6.54 Å². The van der Waals surface area contributed by atoms with Gasteiger partial charge in [0.05, 0.1) is 0 Å². The highest BCUT2D eigenvalue weighted by Gasteiger charge is 2.10. The van der Waals surface area contributed by atoms with E-state index in [0.29, 0.717) is 11.9 Å². The predicted octanol–water partition coefficient (Wildman–Crippen LogP) is 2.16. The van der Waals surface area contributed by atoms with E-state index in [1.165, 1.54) is 0 Å². The summed E-state index contributed by atoms with van der Waals surface area (Å²) in [6, 6.07) is 9.42. The van der Waals surface area contributed by atoms with Crippen molar-refractivity contribution in [2.75, 3.05) is 26.2 Å². The lowest BCUT2D eigenvalue weighted by Crippen LogP contribution is -2.35. The quantitative estimate of drug-likeness (QED) is 0.755. The Morgan fingerprint density at radius 1 is 1.21 bits per heavy atom. The third-order valence-electron chi connectivity index (χ3n) is 4.40. The Bertz CT molecular complexity index is 748. The maximum Gasteiger partial charge on any atom is 0.259 e. The number of aromatic nitrogens is 1. The van der Waals surface area contributed by atoms with E-state index in [0.717, 1.165) is 37.1 Å². The second kappa shape index (κ2) is 8.64. The van der Waals surface area contributed by atoms with Crippen LogP contribution in [-0.4, -0.2) is 41.6 Å². The largest absolute Gasteiger partial charge is 0.355 e. The van der Waals surface area contributed by atoms with Gasteiger partial charge in [0.15, 0.2) is 0 Å². The number of amides is 1. The van der Waals surface area contributed by atoms with Crippen LogP contribution in [0, 0.1) is 6.92 Å². The van der Waals surface area contributed by atoms with E-state index >= 15 is 0 Å². The van der Waals surface area contributed by atoms with Crippen LogP contribution in [0.15, 0.2) is 35.1 Å². The van der Waals surface area contributed by atoms with Gasteiger partial charge in [0.25, 0.3) is 5.56 Å². The smallest absolute Gasteiger partial charge is 0.259 e. The summed E-state index contributed by atoms with van der Waals surface area (Å²) in [5, 5.41) is 4.48. The number of carbonyl (C=O) groups excluding carboxylic acids is 1. The van der Waals surface area contributed by atoms with E-state index in [9.17, 15) is 9.59 Å². The maximum absolute atomic E-state index is 12.6. The first-order valence-corrected chi connectivity index (χ1v) is 8.65. The SMILES string of the molecule is CCN(CC)CCCNC(=O)Cn1c(C)cc2ccccc2c1=O. The Labute approximate surface area is 143 Å². The highest BCUT2D eigenvalue weighted by atomic mass is 16.2. The van der Waals surface area contributed by atoms with Gasteiger partial charge in [-0.05, 0) is 50.5 Å². The zero-order valence-electron chi connectivity index (χ0n) is 14.8. The van der Waals surface area contributed by atoms with Crippen LogP contribution in [0.1, 0.15) is 26.0 Å². The molecule has 130 valence electrons. The minimum Gasteiger partial charge on any atom is -0.355 e. The first-order chi connectivity index (χ1) is 11.6. The molecule has 5 heteroatoms. The Morgan fingerprint density at radius 2 is 1.92 bits per heavy atom. The molecule has 0 radical (unpaired) electrons. The highest BCUT2D eigenvalue weighted by Crippen LogP contribution is 2.11. The molecule has 0 atom stereocenters. The van der Waals surface area contributed by atoms with Crippen molar-refractivity contribution in [2.45, 2.75) is 33.7 Å². The molecule has 1 amide bonds. The summed E-state index contributed by atoms with van der Waals surface area (Å²) >= 11 is 0. The molecule has 0 aliphatic rings. The van der Waals surface area contributed by atoms with Crippen LogP contribution in [0.5, 0.6) is 0 Å². The van der Waals surface area contributed by atoms with Gasteiger partial charge in [0, 0.05) is 17.6 Å². The van der Waals surface area contributed by atoms with Crippen molar-refractivity contribution < 1.29 is 4.79 Å². The number of fused-ring (bicyclic) bond motifs is 1. The summed E-state index contributed by atoms with van der Waals surface area (Å²) in [4.78, 5) is 27.0. The number of hydrogen-bond donors (Lipinski definition) is 1. The van der Waals surface area contributed by atoms with Crippen LogP contribution < -0.4 is 10.9 Å². The van der Waals surface area contributed by atoms with Crippen LogP contribution in [0.3, 0.4) is 0 Å². The van der Waals surface area contributed by atoms with Gasteiger partial charge >= 0.3 is 0 Å². The number of rotatable bonds is 8. The van der Waals surface area contributed by atoms with Crippen LogP contribution in [-0.2, 0) is 11.3 Å². The maximum atomic E-state index is 12.6. The number of aryl methyl sites for hydroxylation is 1. The third-order valence-corrected chi connectivity index (χ3v) is 4.40. The summed E-state index contributed by atoms with van der Waals surface area (Å²) in [6.07, 6.45) is 0.916. The molecule has 0 unspecified atom stereocenters. The Hall–Kier alpha value is -2.14. The van der Waals surface area contributed by atoms with E-state index in [2.05, 4.69) is 24.1 Å². The molecule has 0 bridgehead atoms. The molecular weight excluding hydrogens is 302 g/mol. The zero-order chi connectivity index (χ0) is 17.5. The molecule has 1 heterocycles. The molecule has 0 saturated carbocycles. The van der Waals surface area contributed by atoms with Crippen LogP contribution >= 0.6 is 0 Å². The molecule has 0 spiro atoms. The van der Waals surface area contributed by atoms with E-state index in [4.69, 9.17) is 0 Å². The average molecular weight is 329 g/mol. The standard InChI is InChI=1S/C19H27N3O2/c1-4-21(5-2)12-8-11-20-18(23)14-22-15(3)13-16-9-6-7-10-17(16)19(22)24/h6-7,9-10,13H,4-5,8,11-12,14H2,1-3H3,(H,20,23). The van der Waals surface area contributed by atoms with E-state index < -0.39 is 0 Å². The Balaban J connectivity index is 1.97. The van der Waals surface area contributed by atoms with Gasteiger partial charge in [-0.1, -0.05) is 32.0 Å². The fraction of sp³-hybridized carbons (Fsp3) is 0.474. The lowest BCUT2D eigenvalue weighted by atomic mass is 10.1. The lowest BCUT2D eigenvalue weighted by Gasteiger charge is -2.18. The van der Waals surface area contributed by atoms with Gasteiger partial charge in [-0.2, -0.15) is 0 Å². The minimum atomic E-state index is -0.116. The third kappa shape index (κ3) is 4.45. The molecular formula is C19H27N3O2. The lowest BCUT2D eigenvalue weighted by molar-refractivity contribution is -0.121. The normalized spacial score (nSPS) is 11.2. The molecule has 1 aromatic carbocycles. The topological polar surface area (TPSA) is 54.3 Å². The van der Waals surface area contributed by atoms with Gasteiger partial charge in [-0.25, -0.2) is 0 Å². The predicted molar refractivity (Wildman–Crippen MR) is 98.4 cm³/mol. The monoisotopic (exact) mass is 329 g/mol. The highest BCUT2D eigenvalue weighted by molar-refractivity contribution is 5.82. The molecule has 0 aliphatic carbocycles. The molecule has 0 aliphatic heterocycles. The summed E-state index contributed by atoms with van der Waals surface area (Å²) in [7, 11) is 0. The summed E-state index contributed by atoms with van der Waals surface area (Å²) < 4.78 is 1.54. The number of nitrogens with one attached hydrogen (secondary N) is 1. The van der Waals surface area contributed by atoms with Crippen LogP contribution in [0.25, 0.3) is 10.8 Å². The number of nitrogens with zero attached hydrogens (tertiary/aromatic N) is 2. The van der Waals surface area contributed by atoms with Crippen molar-refractivity contribution in [1.82, 2.24) is 14.8 Å². The Morgan fingerprint density at radius 3 is 2.62 bits per heavy atom. The molecule has 0 fully saturated rings. The fourth-order valence-electron chi connectivity index (χ4n) is 2.89. The molecule has 5 nitrogen and oxygen atoms in total. The number of carbonyl (C=O) groups is 1. The second-order valence-corrected chi connectivity index (χ2v) is 5.99. The van der Waals surface area contributed by atoms with Crippen molar-refractivity contribution in [1.29, 1.82) is 0 Å². The number of hydrogen-bond acceptors (Lipinski definition) is 3. The average Bonchev–Trinajstić information content (AvgIpc) is 2.59. The molecule has 24 heavy (non-hydrogen) atoms. The van der Waals surface area contributed by atoms with E-state index in [-0.39, 0.29) is 18.0 Å². The van der Waals surface area contributed by atoms with Gasteiger partial charge in [-0.3, -0.25) is 9.59 Å². The fourth-order valence-corrected chi connectivity index (χ4v) is 2.89. The van der Waals surface area contributed by atoms with Crippen molar-refractivity contribution in [3.63, 3.8) is 0 Å². The molecule has 1 aromatic heterocycles. The van der Waals surface area contributed by atoms with Crippen LogP contribution in [0.2, 0.25) is 0 Å². The van der Waals surface area contributed by atoms with Gasteiger partial charge in [-0.15, -0.1) is 0 Å². The first-order valence-electron chi connectivity index (χ1n) is 8.65. The van der Waals surface area contributed by atoms with Crippen molar-refractivity contribution in [3.05, 3.63) is 46.4 Å². The molecule has 1 N–H and O–H groups in total. The summed E-state index contributed by atoms with van der Waals surface area (Å²) in [5.74, 6) is -0.116. The Kier molecular flexibility index (Phi) is 6.55. The summed E-state index contributed by atoms with van der Waals surface area (Å²) in [6.45, 7) is 9.86. The summed E-state index contributed by atoms with van der Waals surface area (Å²) in [5.41, 5.74) is 0.695. The van der Waals surface area contributed by atoms with E-state index in [1.807, 2.05) is 31.2 Å². The van der Waals surface area contributed by atoms with Crippen LogP contribution in [0.4, 0.5) is 0 Å². The molecule has 2 rings (SSSR count). The van der Waals surface area contributed by atoms with Crippen molar-refractivity contribution >= 4 is 16.7 Å². The van der Waals surface area contributed by atoms with Gasteiger partial charge in [0.2, 0.25) is 5.91 Å². The van der Waals surface area contributed by atoms with Crippen molar-refractivity contribution in [2.24, 2.45) is 0 Å². The number of benzene rings is 1. The number of pyridine rings is 1.